The zero-order valence-electron chi connectivity index (χ0n) is 17.7. The quantitative estimate of drug-likeness (QED) is 0.378. The average Bonchev–Trinajstić information content (AvgIpc) is 2.81. The van der Waals surface area contributed by atoms with Crippen molar-refractivity contribution in [2.45, 2.75) is 6.61 Å². The van der Waals surface area contributed by atoms with E-state index in [1.54, 1.807) is 44.4 Å². The van der Waals surface area contributed by atoms with Crippen LogP contribution >= 0.6 is 0 Å². The fraction of sp³-hybridized carbons (Fsp3) is 0.154. The molecule has 0 radical (unpaired) electrons. The van der Waals surface area contributed by atoms with Gasteiger partial charge >= 0.3 is 0 Å². The summed E-state index contributed by atoms with van der Waals surface area (Å²) in [5.74, 6) is 0.959. The van der Waals surface area contributed by atoms with Crippen molar-refractivity contribution in [3.63, 3.8) is 0 Å². The lowest BCUT2D eigenvalue weighted by Gasteiger charge is -2.11. The number of ether oxygens (including phenoxy) is 2. The van der Waals surface area contributed by atoms with Crippen molar-refractivity contribution in [3.05, 3.63) is 102 Å². The third-order valence-corrected chi connectivity index (χ3v) is 4.54. The van der Waals surface area contributed by atoms with E-state index in [-0.39, 0.29) is 18.3 Å². The SMILES string of the molecule is CN(C)C(=O)COc1cccc(C(=O)/C=C/c2ccc(OCc3ccccc3)cc2)c1. The van der Waals surface area contributed by atoms with E-state index in [9.17, 15) is 9.59 Å². The van der Waals surface area contributed by atoms with Gasteiger partial charge in [-0.15, -0.1) is 0 Å². The summed E-state index contributed by atoms with van der Waals surface area (Å²) in [6.45, 7) is 0.437. The number of rotatable bonds is 9. The Hall–Kier alpha value is -3.86. The zero-order valence-corrected chi connectivity index (χ0v) is 17.7. The number of allylic oxidation sites excluding steroid dienone is 1. The van der Waals surface area contributed by atoms with Crippen LogP contribution in [0.5, 0.6) is 11.5 Å². The van der Waals surface area contributed by atoms with E-state index in [0.717, 1.165) is 16.9 Å². The number of benzene rings is 3. The van der Waals surface area contributed by atoms with E-state index in [4.69, 9.17) is 9.47 Å². The third-order valence-electron chi connectivity index (χ3n) is 4.54. The molecule has 0 bridgehead atoms. The molecule has 0 N–H and O–H groups in total. The summed E-state index contributed by atoms with van der Waals surface area (Å²) in [4.78, 5) is 25.6. The van der Waals surface area contributed by atoms with Gasteiger partial charge in [-0.1, -0.05) is 60.7 Å². The highest BCUT2D eigenvalue weighted by atomic mass is 16.5. The second-order valence-corrected chi connectivity index (χ2v) is 7.15. The number of carbonyl (C=O) groups is 2. The molecule has 0 aliphatic carbocycles. The number of hydrogen-bond donors (Lipinski definition) is 0. The smallest absolute Gasteiger partial charge is 0.259 e. The predicted molar refractivity (Wildman–Crippen MR) is 121 cm³/mol. The lowest BCUT2D eigenvalue weighted by molar-refractivity contribution is -0.130. The van der Waals surface area contributed by atoms with E-state index >= 15 is 0 Å². The number of nitrogens with zero attached hydrogens (tertiary/aromatic N) is 1. The van der Waals surface area contributed by atoms with E-state index in [2.05, 4.69) is 0 Å². The van der Waals surface area contributed by atoms with Crippen LogP contribution < -0.4 is 9.47 Å². The maximum Gasteiger partial charge on any atom is 0.259 e. The van der Waals surface area contributed by atoms with Crippen LogP contribution in [-0.4, -0.2) is 37.3 Å². The van der Waals surface area contributed by atoms with Crippen molar-refractivity contribution in [1.82, 2.24) is 4.90 Å². The zero-order chi connectivity index (χ0) is 22.1. The second kappa shape index (κ2) is 10.8. The van der Waals surface area contributed by atoms with Crippen LogP contribution in [-0.2, 0) is 11.4 Å². The lowest BCUT2D eigenvalue weighted by Crippen LogP contribution is -2.27. The summed E-state index contributed by atoms with van der Waals surface area (Å²) >= 11 is 0. The van der Waals surface area contributed by atoms with Crippen molar-refractivity contribution in [1.29, 1.82) is 0 Å². The molecule has 3 rings (SSSR count). The maximum atomic E-state index is 12.5. The highest BCUT2D eigenvalue weighted by molar-refractivity contribution is 6.07. The predicted octanol–water partition coefficient (Wildman–Crippen LogP) is 4.63. The Morgan fingerprint density at radius 2 is 1.58 bits per heavy atom. The Balaban J connectivity index is 1.55. The molecule has 0 fully saturated rings. The summed E-state index contributed by atoms with van der Waals surface area (Å²) in [5, 5.41) is 0. The molecule has 5 heteroatoms. The molecule has 0 atom stereocenters. The van der Waals surface area contributed by atoms with Crippen molar-refractivity contribution in [2.24, 2.45) is 0 Å². The van der Waals surface area contributed by atoms with Crippen molar-refractivity contribution in [3.8, 4) is 11.5 Å². The van der Waals surface area contributed by atoms with Crippen LogP contribution in [0.25, 0.3) is 6.08 Å². The van der Waals surface area contributed by atoms with Gasteiger partial charge < -0.3 is 14.4 Å². The molecule has 158 valence electrons. The van der Waals surface area contributed by atoms with Crippen LogP contribution in [0.3, 0.4) is 0 Å². The number of hydrogen-bond acceptors (Lipinski definition) is 4. The summed E-state index contributed by atoms with van der Waals surface area (Å²) in [6.07, 6.45) is 3.27. The Bertz CT molecular complexity index is 1040. The minimum atomic E-state index is -0.146. The van der Waals surface area contributed by atoms with Gasteiger partial charge in [-0.2, -0.15) is 0 Å². The van der Waals surface area contributed by atoms with E-state index < -0.39 is 0 Å². The molecule has 3 aromatic rings. The van der Waals surface area contributed by atoms with Gasteiger partial charge in [-0.05, 0) is 41.5 Å². The molecule has 1 amide bonds. The summed E-state index contributed by atoms with van der Waals surface area (Å²) < 4.78 is 11.2. The van der Waals surface area contributed by atoms with E-state index in [0.29, 0.717) is 17.9 Å². The van der Waals surface area contributed by atoms with E-state index in [1.165, 1.54) is 11.0 Å². The summed E-state index contributed by atoms with van der Waals surface area (Å²) in [6, 6.07) is 24.3. The van der Waals surface area contributed by atoms with Gasteiger partial charge in [0.05, 0.1) is 0 Å². The lowest BCUT2D eigenvalue weighted by atomic mass is 10.1. The van der Waals surface area contributed by atoms with Gasteiger partial charge in [0.2, 0.25) is 0 Å². The molecule has 3 aromatic carbocycles. The highest BCUT2D eigenvalue weighted by Crippen LogP contribution is 2.17. The molecule has 0 aliphatic heterocycles. The minimum absolute atomic E-state index is 0.0703. The van der Waals surface area contributed by atoms with Gasteiger partial charge in [0, 0.05) is 19.7 Å². The number of carbonyl (C=O) groups excluding carboxylic acids is 2. The first kappa shape index (κ1) is 21.8. The fourth-order valence-electron chi connectivity index (χ4n) is 2.70. The fourth-order valence-corrected chi connectivity index (χ4v) is 2.70. The Morgan fingerprint density at radius 3 is 2.29 bits per heavy atom. The molecule has 0 aromatic heterocycles. The number of amides is 1. The highest BCUT2D eigenvalue weighted by Gasteiger charge is 2.07. The molecular weight excluding hydrogens is 390 g/mol. The van der Waals surface area contributed by atoms with Gasteiger partial charge in [-0.3, -0.25) is 9.59 Å². The molecule has 31 heavy (non-hydrogen) atoms. The van der Waals surface area contributed by atoms with Crippen LogP contribution in [0.4, 0.5) is 0 Å². The maximum absolute atomic E-state index is 12.5. The summed E-state index contributed by atoms with van der Waals surface area (Å²) in [5.41, 5.74) is 2.49. The summed E-state index contributed by atoms with van der Waals surface area (Å²) in [7, 11) is 3.33. The Morgan fingerprint density at radius 1 is 0.839 bits per heavy atom. The van der Waals surface area contributed by atoms with Gasteiger partial charge in [-0.25, -0.2) is 0 Å². The van der Waals surface area contributed by atoms with Crippen LogP contribution in [0.15, 0.2) is 84.9 Å². The molecule has 0 spiro atoms. The van der Waals surface area contributed by atoms with E-state index in [1.807, 2.05) is 54.6 Å². The molecule has 0 unspecified atom stereocenters. The molecule has 0 saturated carbocycles. The standard InChI is InChI=1S/C26H25NO4/c1-27(2)26(29)19-31-24-10-6-9-22(17-24)25(28)16-13-20-11-14-23(15-12-20)30-18-21-7-4-3-5-8-21/h3-17H,18-19H2,1-2H3/b16-13+. The first-order valence-corrected chi connectivity index (χ1v) is 9.93. The van der Waals surface area contributed by atoms with Crippen LogP contribution in [0, 0.1) is 0 Å². The topological polar surface area (TPSA) is 55.8 Å². The Labute approximate surface area is 182 Å². The molecule has 0 heterocycles. The first-order valence-electron chi connectivity index (χ1n) is 9.93. The van der Waals surface area contributed by atoms with Gasteiger partial charge in [0.25, 0.3) is 5.91 Å². The molecular formula is C26H25NO4. The van der Waals surface area contributed by atoms with Crippen molar-refractivity contribution < 1.29 is 19.1 Å². The minimum Gasteiger partial charge on any atom is -0.489 e. The Kier molecular flexibility index (Phi) is 7.60. The van der Waals surface area contributed by atoms with Gasteiger partial charge in [0.15, 0.2) is 12.4 Å². The molecule has 5 nitrogen and oxygen atoms in total. The first-order chi connectivity index (χ1) is 15.0. The van der Waals surface area contributed by atoms with Crippen LogP contribution in [0.1, 0.15) is 21.5 Å². The second-order valence-electron chi connectivity index (χ2n) is 7.15. The van der Waals surface area contributed by atoms with Gasteiger partial charge in [0.1, 0.15) is 18.1 Å². The van der Waals surface area contributed by atoms with Crippen molar-refractivity contribution >= 4 is 17.8 Å². The van der Waals surface area contributed by atoms with Crippen molar-refractivity contribution in [2.75, 3.05) is 20.7 Å². The number of likely N-dealkylation sites (N-methyl/N-ethyl adjacent to an activating group) is 1. The largest absolute Gasteiger partial charge is 0.489 e. The average molecular weight is 415 g/mol. The number of ketones is 1. The molecule has 0 saturated heterocycles. The third kappa shape index (κ3) is 6.85. The van der Waals surface area contributed by atoms with Crippen LogP contribution in [0.2, 0.25) is 0 Å². The molecule has 0 aliphatic rings. The normalized spacial score (nSPS) is 10.6. The monoisotopic (exact) mass is 415 g/mol.